The molecule has 114 valence electrons. The van der Waals surface area contributed by atoms with Gasteiger partial charge in [-0.3, -0.25) is 9.69 Å². The largest absolute Gasteiger partial charge is 0.387 e. The summed E-state index contributed by atoms with van der Waals surface area (Å²) < 4.78 is 0. The molecule has 3 N–H and O–H groups in total. The van der Waals surface area contributed by atoms with Crippen LogP contribution in [0.5, 0.6) is 0 Å². The van der Waals surface area contributed by atoms with E-state index in [1.807, 2.05) is 35.2 Å². The molecule has 1 saturated heterocycles. The number of carbonyl (C=O) groups is 1. The van der Waals surface area contributed by atoms with Gasteiger partial charge in [0.25, 0.3) is 0 Å². The monoisotopic (exact) mass is 289 g/mol. The quantitative estimate of drug-likeness (QED) is 0.839. The number of amides is 1. The van der Waals surface area contributed by atoms with E-state index in [-0.39, 0.29) is 5.91 Å². The second-order valence-electron chi connectivity index (χ2n) is 6.18. The molecule has 1 amide bonds. The summed E-state index contributed by atoms with van der Waals surface area (Å²) in [5, 5.41) is 10.2. The van der Waals surface area contributed by atoms with Crippen LogP contribution >= 0.6 is 0 Å². The Kier molecular flexibility index (Phi) is 3.97. The van der Waals surface area contributed by atoms with Gasteiger partial charge in [0.2, 0.25) is 5.91 Å². The summed E-state index contributed by atoms with van der Waals surface area (Å²) in [6, 6.07) is 9.70. The molecule has 5 nitrogen and oxygen atoms in total. The van der Waals surface area contributed by atoms with Crippen molar-refractivity contribution in [1.82, 2.24) is 9.80 Å². The van der Waals surface area contributed by atoms with E-state index in [4.69, 9.17) is 5.73 Å². The number of nitrogens with zero attached hydrogens (tertiary/aromatic N) is 2. The van der Waals surface area contributed by atoms with Crippen molar-refractivity contribution >= 4 is 5.91 Å². The number of benzene rings is 1. The summed E-state index contributed by atoms with van der Waals surface area (Å²) in [5.74, 6) is 0.103. The first kappa shape index (κ1) is 14.5. The first-order valence-corrected chi connectivity index (χ1v) is 7.62. The van der Waals surface area contributed by atoms with Gasteiger partial charge >= 0.3 is 0 Å². The van der Waals surface area contributed by atoms with Crippen molar-refractivity contribution in [2.45, 2.75) is 24.5 Å². The molecule has 0 aromatic heterocycles. The third kappa shape index (κ3) is 3.26. The van der Waals surface area contributed by atoms with E-state index in [0.717, 1.165) is 31.5 Å². The topological polar surface area (TPSA) is 69.8 Å². The Balaban J connectivity index is 1.49. The number of hydrogen-bond acceptors (Lipinski definition) is 4. The highest BCUT2D eigenvalue weighted by Gasteiger charge is 2.48. The van der Waals surface area contributed by atoms with Crippen molar-refractivity contribution in [3.05, 3.63) is 35.9 Å². The predicted molar refractivity (Wildman–Crippen MR) is 80.6 cm³/mol. The van der Waals surface area contributed by atoms with Crippen molar-refractivity contribution in [2.24, 2.45) is 5.73 Å². The van der Waals surface area contributed by atoms with Crippen LogP contribution in [0, 0.1) is 0 Å². The van der Waals surface area contributed by atoms with E-state index >= 15 is 0 Å². The lowest BCUT2D eigenvalue weighted by Gasteiger charge is -2.36. The molecule has 1 unspecified atom stereocenters. The summed E-state index contributed by atoms with van der Waals surface area (Å²) in [4.78, 5) is 16.2. The van der Waals surface area contributed by atoms with E-state index in [2.05, 4.69) is 4.90 Å². The molecule has 1 aliphatic carbocycles. The van der Waals surface area contributed by atoms with Gasteiger partial charge in [-0.25, -0.2) is 0 Å². The maximum absolute atomic E-state index is 12.2. The normalized spacial score (nSPS) is 22.9. The van der Waals surface area contributed by atoms with Crippen LogP contribution in [0.2, 0.25) is 0 Å². The molecular weight excluding hydrogens is 266 g/mol. The van der Waals surface area contributed by atoms with E-state index in [1.54, 1.807) is 0 Å². The van der Waals surface area contributed by atoms with Gasteiger partial charge in [0.1, 0.15) is 0 Å². The number of nitrogens with two attached hydrogens (primary N) is 1. The van der Waals surface area contributed by atoms with Crippen LogP contribution in [0.25, 0.3) is 0 Å². The minimum atomic E-state index is -0.564. The van der Waals surface area contributed by atoms with Crippen LogP contribution in [0.3, 0.4) is 0 Å². The predicted octanol–water partition coefficient (Wildman–Crippen LogP) is 0.356. The smallest absolute Gasteiger partial charge is 0.242 e. The third-order valence-electron chi connectivity index (χ3n) is 4.49. The van der Waals surface area contributed by atoms with E-state index < -0.39 is 11.6 Å². The minimum Gasteiger partial charge on any atom is -0.387 e. The lowest BCUT2D eigenvalue weighted by atomic mass is 10.1. The Morgan fingerprint density at radius 2 is 1.81 bits per heavy atom. The van der Waals surface area contributed by atoms with Crippen molar-refractivity contribution in [3.8, 4) is 0 Å². The van der Waals surface area contributed by atoms with Crippen LogP contribution in [0.1, 0.15) is 24.5 Å². The summed E-state index contributed by atoms with van der Waals surface area (Å²) in [7, 11) is 0. The van der Waals surface area contributed by atoms with Gasteiger partial charge in [-0.2, -0.15) is 0 Å². The highest BCUT2D eigenvalue weighted by molar-refractivity contribution is 5.89. The molecule has 1 aromatic rings. The van der Waals surface area contributed by atoms with Gasteiger partial charge < -0.3 is 15.7 Å². The molecule has 0 bridgehead atoms. The van der Waals surface area contributed by atoms with Gasteiger partial charge in [0, 0.05) is 32.7 Å². The molecule has 5 heteroatoms. The van der Waals surface area contributed by atoms with Gasteiger partial charge in [0.05, 0.1) is 11.6 Å². The Bertz CT molecular complexity index is 494. The van der Waals surface area contributed by atoms with Crippen molar-refractivity contribution in [1.29, 1.82) is 0 Å². The number of β-amino-alcohol motifs (C(OH)–C–C–N with tert-alkyl or cyclic N) is 1. The fourth-order valence-electron chi connectivity index (χ4n) is 2.82. The van der Waals surface area contributed by atoms with Crippen LogP contribution in [-0.4, -0.2) is 59.1 Å². The average Bonchev–Trinajstić information content (AvgIpc) is 3.27. The van der Waals surface area contributed by atoms with E-state index in [1.165, 1.54) is 0 Å². The molecule has 2 aliphatic rings. The van der Waals surface area contributed by atoms with Crippen molar-refractivity contribution in [2.75, 3.05) is 32.7 Å². The average molecular weight is 289 g/mol. The minimum absolute atomic E-state index is 0.103. The van der Waals surface area contributed by atoms with Crippen LogP contribution in [0.4, 0.5) is 0 Å². The van der Waals surface area contributed by atoms with Gasteiger partial charge in [0.15, 0.2) is 0 Å². The number of piperazine rings is 1. The molecule has 1 heterocycles. The molecule has 0 radical (unpaired) electrons. The maximum Gasteiger partial charge on any atom is 0.242 e. The summed E-state index contributed by atoms with van der Waals surface area (Å²) >= 11 is 0. The Morgan fingerprint density at radius 3 is 2.38 bits per heavy atom. The van der Waals surface area contributed by atoms with Crippen LogP contribution < -0.4 is 5.73 Å². The number of hydrogen-bond donors (Lipinski definition) is 2. The SMILES string of the molecule is NC1(C(=O)N2CCN(CC(O)c3ccccc3)CC2)CC1. The second kappa shape index (κ2) is 5.75. The number of aliphatic hydroxyl groups is 1. The molecule has 1 aliphatic heterocycles. The summed E-state index contributed by atoms with van der Waals surface area (Å²) in [5.41, 5.74) is 6.34. The molecule has 1 saturated carbocycles. The van der Waals surface area contributed by atoms with E-state index in [9.17, 15) is 9.90 Å². The molecular formula is C16H23N3O2. The van der Waals surface area contributed by atoms with Gasteiger partial charge in [-0.05, 0) is 18.4 Å². The number of rotatable bonds is 4. The van der Waals surface area contributed by atoms with Crippen molar-refractivity contribution < 1.29 is 9.90 Å². The van der Waals surface area contributed by atoms with Gasteiger partial charge in [-0.15, -0.1) is 0 Å². The molecule has 2 fully saturated rings. The lowest BCUT2D eigenvalue weighted by molar-refractivity contribution is -0.135. The van der Waals surface area contributed by atoms with Crippen LogP contribution in [0.15, 0.2) is 30.3 Å². The molecule has 0 spiro atoms. The molecule has 21 heavy (non-hydrogen) atoms. The Hall–Kier alpha value is -1.43. The molecule has 1 atom stereocenters. The first-order valence-electron chi connectivity index (χ1n) is 7.62. The Morgan fingerprint density at radius 1 is 1.19 bits per heavy atom. The maximum atomic E-state index is 12.2. The number of carbonyl (C=O) groups excluding carboxylic acids is 1. The van der Waals surface area contributed by atoms with Gasteiger partial charge in [-0.1, -0.05) is 30.3 Å². The zero-order chi connectivity index (χ0) is 14.9. The molecule has 3 rings (SSSR count). The summed E-state index contributed by atoms with van der Waals surface area (Å²) in [6.45, 7) is 3.62. The third-order valence-corrected chi connectivity index (χ3v) is 4.49. The second-order valence-corrected chi connectivity index (χ2v) is 6.18. The Labute approximate surface area is 125 Å². The highest BCUT2D eigenvalue weighted by atomic mass is 16.3. The molecule has 1 aromatic carbocycles. The standard InChI is InChI=1S/C16H23N3O2/c17-16(6-7-16)15(21)19-10-8-18(9-11-19)12-14(20)13-4-2-1-3-5-13/h1-5,14,20H,6-12,17H2. The lowest BCUT2D eigenvalue weighted by Crippen LogP contribution is -2.54. The highest BCUT2D eigenvalue weighted by Crippen LogP contribution is 2.34. The fraction of sp³-hybridized carbons (Fsp3) is 0.562. The first-order chi connectivity index (χ1) is 10.1. The number of aliphatic hydroxyl groups excluding tert-OH is 1. The van der Waals surface area contributed by atoms with Crippen LogP contribution in [-0.2, 0) is 4.79 Å². The van der Waals surface area contributed by atoms with Crippen molar-refractivity contribution in [3.63, 3.8) is 0 Å². The fourth-order valence-corrected chi connectivity index (χ4v) is 2.82. The summed E-state index contributed by atoms with van der Waals surface area (Å²) in [6.07, 6.45) is 1.16. The van der Waals surface area contributed by atoms with E-state index in [0.29, 0.717) is 19.6 Å². The zero-order valence-electron chi connectivity index (χ0n) is 12.2. The zero-order valence-corrected chi connectivity index (χ0v) is 12.2.